The molecule has 5 nitrogen and oxygen atoms in total. The molecule has 2 aliphatic carbocycles. The van der Waals surface area contributed by atoms with Gasteiger partial charge in [-0.15, -0.1) is 0 Å². The molecule has 1 aliphatic heterocycles. The van der Waals surface area contributed by atoms with Crippen LogP contribution >= 0.6 is 0 Å². The standard InChI is InChI=1S/C16H21NO4S/c18-22(19,17-10-13-8-11-1-2-12(13)7-11)14-3-4-15-16(9-14)21-6-5-20-15/h3-4,9,11-13,17H,1-2,5-8,10H2/t11-,12-,13-/m1/s1. The Morgan fingerprint density at radius 1 is 1.09 bits per heavy atom. The van der Waals surface area contributed by atoms with Crippen molar-refractivity contribution in [2.75, 3.05) is 19.8 Å². The van der Waals surface area contributed by atoms with Gasteiger partial charge in [-0.3, -0.25) is 0 Å². The van der Waals surface area contributed by atoms with Gasteiger partial charge < -0.3 is 9.47 Å². The molecule has 0 aromatic heterocycles. The minimum absolute atomic E-state index is 0.250. The van der Waals surface area contributed by atoms with Crippen molar-refractivity contribution in [3.05, 3.63) is 18.2 Å². The number of hydrogen-bond donors (Lipinski definition) is 1. The zero-order valence-electron chi connectivity index (χ0n) is 12.5. The maximum Gasteiger partial charge on any atom is 0.240 e. The van der Waals surface area contributed by atoms with E-state index in [4.69, 9.17) is 9.47 Å². The van der Waals surface area contributed by atoms with E-state index >= 15 is 0 Å². The molecule has 2 fully saturated rings. The molecule has 0 radical (unpaired) electrons. The second-order valence-electron chi connectivity index (χ2n) is 6.59. The Hall–Kier alpha value is -1.27. The Labute approximate surface area is 131 Å². The number of fused-ring (bicyclic) bond motifs is 3. The van der Waals surface area contributed by atoms with Crippen molar-refractivity contribution in [3.63, 3.8) is 0 Å². The molecular weight excluding hydrogens is 302 g/mol. The molecule has 3 aliphatic rings. The molecule has 2 saturated carbocycles. The average molecular weight is 323 g/mol. The third kappa shape index (κ3) is 2.58. The van der Waals surface area contributed by atoms with Gasteiger partial charge in [0.05, 0.1) is 4.90 Å². The van der Waals surface area contributed by atoms with Gasteiger partial charge in [0.1, 0.15) is 13.2 Å². The van der Waals surface area contributed by atoms with E-state index in [9.17, 15) is 8.42 Å². The molecule has 120 valence electrons. The molecule has 6 heteroatoms. The maximum atomic E-state index is 12.5. The van der Waals surface area contributed by atoms with Crippen LogP contribution in [-0.2, 0) is 10.0 Å². The van der Waals surface area contributed by atoms with Crippen molar-refractivity contribution in [3.8, 4) is 11.5 Å². The van der Waals surface area contributed by atoms with Gasteiger partial charge in [0.15, 0.2) is 11.5 Å². The highest BCUT2D eigenvalue weighted by atomic mass is 32.2. The van der Waals surface area contributed by atoms with E-state index in [1.807, 2.05) is 0 Å². The first-order valence-electron chi connectivity index (χ1n) is 8.01. The first kappa shape index (κ1) is 14.3. The molecule has 1 aromatic rings. The van der Waals surface area contributed by atoms with E-state index in [1.54, 1.807) is 18.2 Å². The zero-order chi connectivity index (χ0) is 15.2. The highest BCUT2D eigenvalue weighted by Crippen LogP contribution is 2.48. The lowest BCUT2D eigenvalue weighted by atomic mass is 9.89. The van der Waals surface area contributed by atoms with Crippen LogP contribution in [0.15, 0.2) is 23.1 Å². The fourth-order valence-electron chi connectivity index (χ4n) is 4.12. The first-order chi connectivity index (χ1) is 10.6. The Bertz CT molecular complexity index is 673. The topological polar surface area (TPSA) is 64.6 Å². The van der Waals surface area contributed by atoms with Crippen molar-refractivity contribution in [2.45, 2.75) is 30.6 Å². The summed E-state index contributed by atoms with van der Waals surface area (Å²) in [6.45, 7) is 1.51. The molecule has 1 N–H and O–H groups in total. The Kier molecular flexibility index (Phi) is 3.53. The summed E-state index contributed by atoms with van der Waals surface area (Å²) in [6, 6.07) is 4.80. The summed E-state index contributed by atoms with van der Waals surface area (Å²) < 4.78 is 38.6. The summed E-state index contributed by atoms with van der Waals surface area (Å²) in [6.07, 6.45) is 5.06. The van der Waals surface area contributed by atoms with Gasteiger partial charge in [-0.2, -0.15) is 0 Å². The van der Waals surface area contributed by atoms with E-state index in [0.29, 0.717) is 43.1 Å². The van der Waals surface area contributed by atoms with Crippen molar-refractivity contribution < 1.29 is 17.9 Å². The summed E-state index contributed by atoms with van der Waals surface area (Å²) in [5.41, 5.74) is 0. The first-order valence-corrected chi connectivity index (χ1v) is 9.49. The van der Waals surface area contributed by atoms with E-state index in [-0.39, 0.29) is 4.90 Å². The number of sulfonamides is 1. The normalized spacial score (nSPS) is 29.7. The van der Waals surface area contributed by atoms with Gasteiger partial charge in [-0.05, 0) is 49.1 Å². The molecule has 2 bridgehead atoms. The largest absolute Gasteiger partial charge is 0.486 e. The van der Waals surface area contributed by atoms with Crippen LogP contribution in [0.1, 0.15) is 25.7 Å². The minimum Gasteiger partial charge on any atom is -0.486 e. The predicted octanol–water partition coefficient (Wildman–Crippen LogP) is 2.17. The highest BCUT2D eigenvalue weighted by Gasteiger charge is 2.39. The van der Waals surface area contributed by atoms with Crippen LogP contribution in [0, 0.1) is 17.8 Å². The fraction of sp³-hybridized carbons (Fsp3) is 0.625. The van der Waals surface area contributed by atoms with Crippen LogP contribution in [0.3, 0.4) is 0 Å². The quantitative estimate of drug-likeness (QED) is 0.922. The Morgan fingerprint density at radius 2 is 1.91 bits per heavy atom. The van der Waals surface area contributed by atoms with E-state index < -0.39 is 10.0 Å². The van der Waals surface area contributed by atoms with Crippen molar-refractivity contribution in [2.24, 2.45) is 17.8 Å². The molecule has 22 heavy (non-hydrogen) atoms. The summed E-state index contributed by atoms with van der Waals surface area (Å²) in [7, 11) is -3.48. The monoisotopic (exact) mass is 323 g/mol. The molecule has 0 spiro atoms. The lowest BCUT2D eigenvalue weighted by molar-refractivity contribution is 0.171. The van der Waals surface area contributed by atoms with Gasteiger partial charge in [0, 0.05) is 12.6 Å². The third-order valence-electron chi connectivity index (χ3n) is 5.24. The molecule has 0 saturated heterocycles. The van der Waals surface area contributed by atoms with Crippen molar-refractivity contribution >= 4 is 10.0 Å². The summed E-state index contributed by atoms with van der Waals surface area (Å²) >= 11 is 0. The lowest BCUT2D eigenvalue weighted by Crippen LogP contribution is -2.31. The number of benzene rings is 1. The van der Waals surface area contributed by atoms with E-state index in [1.165, 1.54) is 25.7 Å². The molecule has 4 rings (SSSR count). The number of ether oxygens (including phenoxy) is 2. The number of nitrogens with one attached hydrogen (secondary N) is 1. The molecule has 1 heterocycles. The molecule has 3 atom stereocenters. The van der Waals surface area contributed by atoms with Crippen LogP contribution in [-0.4, -0.2) is 28.2 Å². The van der Waals surface area contributed by atoms with Gasteiger partial charge in [-0.1, -0.05) is 6.42 Å². The van der Waals surface area contributed by atoms with Gasteiger partial charge in [0.25, 0.3) is 0 Å². The molecule has 1 aromatic carbocycles. The third-order valence-corrected chi connectivity index (χ3v) is 6.67. The molecule has 0 amide bonds. The average Bonchev–Trinajstić information content (AvgIpc) is 3.15. The predicted molar refractivity (Wildman–Crippen MR) is 81.6 cm³/mol. The van der Waals surface area contributed by atoms with Gasteiger partial charge in [-0.25, -0.2) is 13.1 Å². The minimum atomic E-state index is -3.48. The summed E-state index contributed by atoms with van der Waals surface area (Å²) in [5, 5.41) is 0. The number of rotatable bonds is 4. The fourth-order valence-corrected chi connectivity index (χ4v) is 5.23. The van der Waals surface area contributed by atoms with Crippen LogP contribution in [0.5, 0.6) is 11.5 Å². The van der Waals surface area contributed by atoms with E-state index in [0.717, 1.165) is 5.92 Å². The van der Waals surface area contributed by atoms with Crippen molar-refractivity contribution in [1.82, 2.24) is 4.72 Å². The molecular formula is C16H21NO4S. The van der Waals surface area contributed by atoms with Crippen LogP contribution in [0.2, 0.25) is 0 Å². The van der Waals surface area contributed by atoms with Crippen LogP contribution in [0.4, 0.5) is 0 Å². The maximum absolute atomic E-state index is 12.5. The van der Waals surface area contributed by atoms with Crippen LogP contribution < -0.4 is 14.2 Å². The highest BCUT2D eigenvalue weighted by molar-refractivity contribution is 7.89. The van der Waals surface area contributed by atoms with Gasteiger partial charge >= 0.3 is 0 Å². The lowest BCUT2D eigenvalue weighted by Gasteiger charge is -2.22. The smallest absolute Gasteiger partial charge is 0.240 e. The zero-order valence-corrected chi connectivity index (χ0v) is 13.3. The van der Waals surface area contributed by atoms with Crippen molar-refractivity contribution in [1.29, 1.82) is 0 Å². The van der Waals surface area contributed by atoms with E-state index in [2.05, 4.69) is 4.72 Å². The second kappa shape index (κ2) is 5.42. The molecule has 0 unspecified atom stereocenters. The Morgan fingerprint density at radius 3 is 2.64 bits per heavy atom. The Balaban J connectivity index is 1.46. The number of hydrogen-bond acceptors (Lipinski definition) is 4. The summed E-state index contributed by atoms with van der Waals surface area (Å²) in [4.78, 5) is 0.250. The summed E-state index contributed by atoms with van der Waals surface area (Å²) in [5.74, 6) is 3.17. The van der Waals surface area contributed by atoms with Crippen LogP contribution in [0.25, 0.3) is 0 Å². The van der Waals surface area contributed by atoms with Gasteiger partial charge in [0.2, 0.25) is 10.0 Å². The SMILES string of the molecule is O=S(=O)(NC[C@H]1C[C@@H]2CC[C@@H]1C2)c1ccc2c(c1)OCCO2. The second-order valence-corrected chi connectivity index (χ2v) is 8.36.